The maximum Gasteiger partial charge on any atom is 0.246 e. The molecule has 0 unspecified atom stereocenters. The van der Waals surface area contributed by atoms with Crippen molar-refractivity contribution in [1.29, 1.82) is 0 Å². The van der Waals surface area contributed by atoms with Gasteiger partial charge >= 0.3 is 0 Å². The smallest absolute Gasteiger partial charge is 0.246 e. The first kappa shape index (κ1) is 25.3. The minimum absolute atomic E-state index is 0.0197. The Labute approximate surface area is 222 Å². The van der Waals surface area contributed by atoms with Crippen LogP contribution in [0.2, 0.25) is 0 Å². The molecule has 4 aromatic rings. The quantitative estimate of drug-likeness (QED) is 0.282. The van der Waals surface area contributed by atoms with E-state index >= 15 is 0 Å². The highest BCUT2D eigenvalue weighted by molar-refractivity contribution is 5.99. The number of rotatable bonds is 7. The van der Waals surface area contributed by atoms with Gasteiger partial charge < -0.3 is 10.6 Å². The van der Waals surface area contributed by atoms with Crippen molar-refractivity contribution in [2.45, 2.75) is 45.6 Å². The van der Waals surface area contributed by atoms with Crippen LogP contribution < -0.4 is 5.73 Å². The van der Waals surface area contributed by atoms with Crippen molar-refractivity contribution < 1.29 is 9.59 Å². The highest BCUT2D eigenvalue weighted by Crippen LogP contribution is 2.34. The van der Waals surface area contributed by atoms with Gasteiger partial charge in [0.1, 0.15) is 17.8 Å². The summed E-state index contributed by atoms with van der Waals surface area (Å²) in [5, 5.41) is 5.65. The number of nitrogens with zero attached hydrogens (tertiary/aromatic N) is 5. The number of aryl methyl sites for hydroxylation is 3. The van der Waals surface area contributed by atoms with E-state index in [9.17, 15) is 9.59 Å². The zero-order valence-corrected chi connectivity index (χ0v) is 21.9. The number of carbonyl (C=O) groups excluding carboxylic acids is 2. The number of hydrogen-bond acceptors (Lipinski definition) is 6. The zero-order valence-electron chi connectivity index (χ0n) is 21.9. The van der Waals surface area contributed by atoms with E-state index in [0.29, 0.717) is 48.5 Å². The summed E-state index contributed by atoms with van der Waals surface area (Å²) >= 11 is 0. The second kappa shape index (κ2) is 10.6. The summed E-state index contributed by atoms with van der Waals surface area (Å²) < 4.78 is 1.89. The van der Waals surface area contributed by atoms with Gasteiger partial charge in [-0.2, -0.15) is 5.10 Å². The number of nitrogen functional groups attached to an aromatic ring is 1. The van der Waals surface area contributed by atoms with E-state index in [1.165, 1.54) is 12.4 Å². The van der Waals surface area contributed by atoms with Crippen LogP contribution in [0.4, 0.5) is 5.82 Å². The lowest BCUT2D eigenvalue weighted by molar-refractivity contribution is -0.127. The monoisotopic (exact) mass is 508 g/mol. The lowest BCUT2D eigenvalue weighted by atomic mass is 9.97. The molecule has 1 aliphatic rings. The molecule has 2 N–H and O–H groups in total. The van der Waals surface area contributed by atoms with Crippen molar-refractivity contribution in [3.05, 3.63) is 83.7 Å². The van der Waals surface area contributed by atoms with Crippen molar-refractivity contribution in [2.24, 2.45) is 0 Å². The molecule has 0 spiro atoms. The fourth-order valence-electron chi connectivity index (χ4n) is 5.28. The number of nitrogens with two attached hydrogens (primary N) is 1. The molecule has 1 atom stereocenters. The van der Waals surface area contributed by atoms with Gasteiger partial charge in [-0.3, -0.25) is 9.59 Å². The summed E-state index contributed by atoms with van der Waals surface area (Å²) in [7, 11) is 0. The molecule has 1 fully saturated rings. The van der Waals surface area contributed by atoms with Crippen LogP contribution in [0.3, 0.4) is 0 Å². The summed E-state index contributed by atoms with van der Waals surface area (Å²) in [5.41, 5.74) is 12.6. The Bertz CT molecular complexity index is 1520. The van der Waals surface area contributed by atoms with Crippen molar-refractivity contribution >= 4 is 28.5 Å². The van der Waals surface area contributed by atoms with E-state index < -0.39 is 0 Å². The molecule has 0 aliphatic carbocycles. The molecule has 194 valence electrons. The van der Waals surface area contributed by atoms with E-state index in [1.807, 2.05) is 61.0 Å². The first-order valence-corrected chi connectivity index (χ1v) is 13.0. The fourth-order valence-corrected chi connectivity index (χ4v) is 5.28. The van der Waals surface area contributed by atoms with Gasteiger partial charge in [0.05, 0.1) is 11.4 Å². The Balaban J connectivity index is 1.39. The van der Waals surface area contributed by atoms with Crippen LogP contribution in [0.25, 0.3) is 22.3 Å². The number of piperidine rings is 1. The number of likely N-dealkylation sites (tertiary alicyclic amines) is 1. The molecule has 3 heterocycles. The number of carbonyl (C=O) groups is 2. The molecule has 2 aromatic heterocycles. The number of ketones is 1. The summed E-state index contributed by atoms with van der Waals surface area (Å²) in [6.45, 7) is 8.88. The SMILES string of the molecule is C=CC(=O)N1CCC[C@@H](n2nc(-c3ccc(CCC(=O)c4ccc(C)cc4C)cc3)c3c(N)ncnc32)C1. The molecule has 0 bridgehead atoms. The molecule has 0 saturated carbocycles. The number of anilines is 1. The molecule has 38 heavy (non-hydrogen) atoms. The Morgan fingerprint density at radius 3 is 2.66 bits per heavy atom. The second-order valence-electron chi connectivity index (χ2n) is 9.97. The molecule has 1 aliphatic heterocycles. The van der Waals surface area contributed by atoms with Crippen LogP contribution in [0.1, 0.15) is 52.4 Å². The molecular weight excluding hydrogens is 476 g/mol. The van der Waals surface area contributed by atoms with Crippen LogP contribution in [-0.2, 0) is 11.2 Å². The van der Waals surface area contributed by atoms with Gasteiger partial charge in [0.25, 0.3) is 0 Å². The van der Waals surface area contributed by atoms with Crippen LogP contribution in [-0.4, -0.2) is 49.4 Å². The second-order valence-corrected chi connectivity index (χ2v) is 9.97. The van der Waals surface area contributed by atoms with Crippen molar-refractivity contribution in [1.82, 2.24) is 24.6 Å². The maximum atomic E-state index is 12.8. The van der Waals surface area contributed by atoms with E-state index in [0.717, 1.165) is 40.7 Å². The highest BCUT2D eigenvalue weighted by atomic mass is 16.2. The van der Waals surface area contributed by atoms with Gasteiger partial charge in [-0.15, -0.1) is 0 Å². The van der Waals surface area contributed by atoms with Crippen molar-refractivity contribution in [3.8, 4) is 11.3 Å². The number of aromatic nitrogens is 4. The van der Waals surface area contributed by atoms with Gasteiger partial charge in [0, 0.05) is 30.6 Å². The first-order chi connectivity index (χ1) is 18.4. The largest absolute Gasteiger partial charge is 0.383 e. The minimum Gasteiger partial charge on any atom is -0.383 e. The molecule has 0 radical (unpaired) electrons. The van der Waals surface area contributed by atoms with E-state index in [2.05, 4.69) is 16.5 Å². The summed E-state index contributed by atoms with van der Waals surface area (Å²) in [5.74, 6) is 0.444. The molecule has 1 saturated heterocycles. The van der Waals surface area contributed by atoms with Gasteiger partial charge in [-0.25, -0.2) is 14.6 Å². The lowest BCUT2D eigenvalue weighted by Crippen LogP contribution is -2.40. The minimum atomic E-state index is -0.0767. The Hall–Kier alpha value is -4.33. The molecule has 5 rings (SSSR count). The van der Waals surface area contributed by atoms with Gasteiger partial charge in [0.15, 0.2) is 11.4 Å². The molecule has 8 heteroatoms. The molecule has 8 nitrogen and oxygen atoms in total. The predicted molar refractivity (Wildman–Crippen MR) is 149 cm³/mol. The Kier molecular flexibility index (Phi) is 7.05. The number of fused-ring (bicyclic) bond motifs is 1. The van der Waals surface area contributed by atoms with Gasteiger partial charge in [-0.05, 0) is 50.3 Å². The highest BCUT2D eigenvalue weighted by Gasteiger charge is 2.28. The predicted octanol–water partition coefficient (Wildman–Crippen LogP) is 4.86. The van der Waals surface area contributed by atoms with Crippen LogP contribution in [0.5, 0.6) is 0 Å². The van der Waals surface area contributed by atoms with Crippen LogP contribution in [0.15, 0.2) is 61.4 Å². The van der Waals surface area contributed by atoms with Crippen LogP contribution in [0, 0.1) is 13.8 Å². The summed E-state index contributed by atoms with van der Waals surface area (Å²) in [6, 6.07) is 14.0. The topological polar surface area (TPSA) is 107 Å². The van der Waals surface area contributed by atoms with E-state index in [-0.39, 0.29) is 17.7 Å². The number of amides is 1. The van der Waals surface area contributed by atoms with E-state index in [4.69, 9.17) is 10.8 Å². The average molecular weight is 509 g/mol. The third-order valence-corrected chi connectivity index (χ3v) is 7.30. The van der Waals surface area contributed by atoms with Crippen LogP contribution >= 0.6 is 0 Å². The van der Waals surface area contributed by atoms with E-state index in [1.54, 1.807) is 4.90 Å². The molecular formula is C30H32N6O2. The zero-order chi connectivity index (χ0) is 26.8. The van der Waals surface area contributed by atoms with Crippen molar-refractivity contribution in [2.75, 3.05) is 18.8 Å². The Morgan fingerprint density at radius 2 is 1.92 bits per heavy atom. The standard InChI is InChI=1S/C30H32N6O2/c1-4-26(38)35-15-5-6-23(17-35)36-30-27(29(31)32-18-33-30)28(34-36)22-11-8-21(9-12-22)10-14-25(37)24-13-7-19(2)16-20(24)3/h4,7-9,11-13,16,18,23H,1,5-6,10,14-15,17H2,2-3H3,(H2,31,32,33)/t23-/m1/s1. The molecule has 1 amide bonds. The first-order valence-electron chi connectivity index (χ1n) is 13.0. The average Bonchev–Trinajstić information content (AvgIpc) is 3.33. The molecule has 2 aromatic carbocycles. The lowest BCUT2D eigenvalue weighted by Gasteiger charge is -2.32. The van der Waals surface area contributed by atoms with Gasteiger partial charge in [0.2, 0.25) is 5.91 Å². The summed E-state index contributed by atoms with van der Waals surface area (Å²) in [6.07, 6.45) is 5.66. The number of benzene rings is 2. The Morgan fingerprint density at radius 1 is 1.13 bits per heavy atom. The number of Topliss-reactive ketones (excluding diaryl/α,β-unsaturated/α-hetero) is 1. The van der Waals surface area contributed by atoms with Crippen molar-refractivity contribution in [3.63, 3.8) is 0 Å². The number of hydrogen-bond donors (Lipinski definition) is 1. The van der Waals surface area contributed by atoms with Gasteiger partial charge in [-0.1, -0.05) is 54.6 Å². The third kappa shape index (κ3) is 4.94. The summed E-state index contributed by atoms with van der Waals surface area (Å²) in [4.78, 5) is 35.5. The normalized spacial score (nSPS) is 15.5. The maximum absolute atomic E-state index is 12.8. The third-order valence-electron chi connectivity index (χ3n) is 7.30. The fraction of sp³-hybridized carbons (Fsp3) is 0.300.